The summed E-state index contributed by atoms with van der Waals surface area (Å²) >= 11 is 0. The van der Waals surface area contributed by atoms with Gasteiger partial charge in [0.2, 0.25) is 5.91 Å². The monoisotopic (exact) mass is 419 g/mol. The van der Waals surface area contributed by atoms with E-state index in [9.17, 15) is 13.2 Å². The van der Waals surface area contributed by atoms with Crippen molar-refractivity contribution in [3.8, 4) is 11.5 Å². The summed E-state index contributed by atoms with van der Waals surface area (Å²) in [4.78, 5) is 12.5. The molecule has 0 saturated carbocycles. The zero-order valence-corrected chi connectivity index (χ0v) is 17.3. The molecule has 8 nitrogen and oxygen atoms in total. The first kappa shape index (κ1) is 21.1. The van der Waals surface area contributed by atoms with Crippen molar-refractivity contribution in [3.63, 3.8) is 0 Å². The lowest BCUT2D eigenvalue weighted by Gasteiger charge is -2.34. The van der Waals surface area contributed by atoms with Gasteiger partial charge in [0.05, 0.1) is 26.5 Å². The average molecular weight is 420 g/mol. The first-order chi connectivity index (χ1) is 13.9. The normalized spacial score (nSPS) is 16.9. The van der Waals surface area contributed by atoms with Crippen molar-refractivity contribution in [1.29, 1.82) is 0 Å². The largest absolute Gasteiger partial charge is 0.497 e. The van der Waals surface area contributed by atoms with Gasteiger partial charge in [-0.25, -0.2) is 0 Å². The molecule has 1 amide bonds. The van der Waals surface area contributed by atoms with E-state index in [0.29, 0.717) is 36.7 Å². The van der Waals surface area contributed by atoms with Crippen molar-refractivity contribution in [2.45, 2.75) is 13.0 Å². The first-order valence-electron chi connectivity index (χ1n) is 9.25. The highest BCUT2D eigenvalue weighted by Crippen LogP contribution is 2.24. The molecule has 0 unspecified atom stereocenters. The topological polar surface area (TPSA) is 88.2 Å². The Labute approximate surface area is 171 Å². The molecule has 2 aromatic carbocycles. The minimum absolute atomic E-state index is 0.247. The number of benzene rings is 2. The second-order valence-corrected chi connectivity index (χ2v) is 8.55. The molecule has 0 spiro atoms. The molecule has 29 heavy (non-hydrogen) atoms. The molecule has 3 rings (SSSR count). The van der Waals surface area contributed by atoms with Crippen molar-refractivity contribution in [2.75, 3.05) is 39.2 Å². The molecule has 1 fully saturated rings. The molecule has 1 aliphatic heterocycles. The van der Waals surface area contributed by atoms with Gasteiger partial charge in [0, 0.05) is 19.6 Å². The van der Waals surface area contributed by atoms with Gasteiger partial charge in [-0.1, -0.05) is 24.3 Å². The minimum atomic E-state index is -3.74. The molecule has 2 aromatic rings. The van der Waals surface area contributed by atoms with Gasteiger partial charge in [0.1, 0.15) is 11.5 Å². The molecule has 0 radical (unpaired) electrons. The average Bonchev–Trinajstić information content (AvgIpc) is 2.72. The van der Waals surface area contributed by atoms with Gasteiger partial charge in [-0.3, -0.25) is 4.79 Å². The van der Waals surface area contributed by atoms with Crippen molar-refractivity contribution < 1.29 is 22.7 Å². The number of methoxy groups -OCH3 is 2. The van der Waals surface area contributed by atoms with Crippen LogP contribution in [-0.4, -0.2) is 56.8 Å². The van der Waals surface area contributed by atoms with Crippen LogP contribution in [-0.2, 0) is 21.5 Å². The van der Waals surface area contributed by atoms with Gasteiger partial charge < -0.3 is 14.8 Å². The van der Waals surface area contributed by atoms with Gasteiger partial charge in [0.15, 0.2) is 0 Å². The number of carbonyl (C=O) groups excluding carboxylic acids is 1. The summed E-state index contributed by atoms with van der Waals surface area (Å²) in [6.07, 6.45) is 0.650. The number of hydrogen-bond donors (Lipinski definition) is 1. The molecule has 1 heterocycles. The van der Waals surface area contributed by atoms with Crippen LogP contribution in [0.1, 0.15) is 12.0 Å². The van der Waals surface area contributed by atoms with Crippen molar-refractivity contribution >= 4 is 21.8 Å². The number of ether oxygens (including phenoxy) is 2. The van der Waals surface area contributed by atoms with E-state index < -0.39 is 16.1 Å². The third-order valence-electron chi connectivity index (χ3n) is 4.69. The molecule has 9 heteroatoms. The lowest BCUT2D eigenvalue weighted by Crippen LogP contribution is -2.51. The Morgan fingerprint density at radius 3 is 2.38 bits per heavy atom. The fourth-order valence-electron chi connectivity index (χ4n) is 3.17. The van der Waals surface area contributed by atoms with Crippen molar-refractivity contribution in [2.24, 2.45) is 0 Å². The quantitative estimate of drug-likeness (QED) is 0.743. The van der Waals surface area contributed by atoms with Crippen LogP contribution in [0.3, 0.4) is 0 Å². The van der Waals surface area contributed by atoms with Crippen molar-refractivity contribution in [3.05, 3.63) is 54.1 Å². The van der Waals surface area contributed by atoms with Crippen LogP contribution < -0.4 is 14.8 Å². The third kappa shape index (κ3) is 5.06. The van der Waals surface area contributed by atoms with E-state index in [1.807, 2.05) is 12.1 Å². The Balaban J connectivity index is 1.67. The van der Waals surface area contributed by atoms with E-state index in [0.717, 1.165) is 5.56 Å². The van der Waals surface area contributed by atoms with E-state index >= 15 is 0 Å². The Morgan fingerprint density at radius 1 is 1.00 bits per heavy atom. The van der Waals surface area contributed by atoms with Crippen LogP contribution in [0.15, 0.2) is 48.5 Å². The fraction of sp³-hybridized carbons (Fsp3) is 0.350. The highest BCUT2D eigenvalue weighted by Gasteiger charge is 2.34. The third-order valence-corrected chi connectivity index (χ3v) is 6.62. The molecule has 0 aliphatic carbocycles. The number of carbonyl (C=O) groups is 1. The van der Waals surface area contributed by atoms with Crippen LogP contribution in [0.4, 0.5) is 5.69 Å². The molecular formula is C20H25N3O5S. The SMILES string of the molecule is COc1ccc(CN2CCCN(CC(=O)Nc3ccccc3OC)S2(=O)=O)cc1. The van der Waals surface area contributed by atoms with E-state index in [4.69, 9.17) is 9.47 Å². The van der Waals surface area contributed by atoms with Crippen LogP contribution >= 0.6 is 0 Å². The maximum absolute atomic E-state index is 13.0. The van der Waals surface area contributed by atoms with Gasteiger partial charge in [-0.15, -0.1) is 0 Å². The zero-order chi connectivity index (χ0) is 20.9. The second kappa shape index (κ2) is 9.25. The maximum atomic E-state index is 13.0. The predicted octanol–water partition coefficient (Wildman–Crippen LogP) is 2.09. The molecule has 1 N–H and O–H groups in total. The van der Waals surface area contributed by atoms with E-state index in [2.05, 4.69) is 5.32 Å². The Bertz CT molecular complexity index is 947. The zero-order valence-electron chi connectivity index (χ0n) is 16.5. The van der Waals surface area contributed by atoms with Gasteiger partial charge in [-0.05, 0) is 36.2 Å². The lowest BCUT2D eigenvalue weighted by molar-refractivity contribution is -0.116. The molecule has 0 bridgehead atoms. The number of rotatable bonds is 7. The van der Waals surface area contributed by atoms with Crippen LogP contribution in [0.2, 0.25) is 0 Å². The van der Waals surface area contributed by atoms with Gasteiger partial charge in [0.25, 0.3) is 10.2 Å². The summed E-state index contributed by atoms with van der Waals surface area (Å²) in [5.74, 6) is 0.817. The number of amides is 1. The molecule has 0 atom stereocenters. The number of anilines is 1. The lowest BCUT2D eigenvalue weighted by atomic mass is 10.2. The summed E-state index contributed by atoms with van der Waals surface area (Å²) in [5.41, 5.74) is 1.36. The Morgan fingerprint density at radius 2 is 1.69 bits per heavy atom. The standard InChI is InChI=1S/C20H25N3O5S/c1-27-17-10-8-16(9-11-17)14-22-12-5-13-23(29(22,25)26)15-20(24)21-18-6-3-4-7-19(18)28-2/h3-4,6-11H,5,12-15H2,1-2H3,(H,21,24). The number of hydrogen-bond acceptors (Lipinski definition) is 5. The molecule has 0 aromatic heterocycles. The van der Waals surface area contributed by atoms with Crippen LogP contribution in [0.5, 0.6) is 11.5 Å². The molecular weight excluding hydrogens is 394 g/mol. The smallest absolute Gasteiger partial charge is 0.282 e. The van der Waals surface area contributed by atoms with Crippen molar-refractivity contribution in [1.82, 2.24) is 8.61 Å². The van der Waals surface area contributed by atoms with Crippen LogP contribution in [0.25, 0.3) is 0 Å². The summed E-state index contributed by atoms with van der Waals surface area (Å²) in [5, 5.41) is 2.72. The van der Waals surface area contributed by atoms with Crippen LogP contribution in [0, 0.1) is 0 Å². The molecule has 1 saturated heterocycles. The Hall–Kier alpha value is -2.62. The first-order valence-corrected chi connectivity index (χ1v) is 10.6. The summed E-state index contributed by atoms with van der Waals surface area (Å²) in [6.45, 7) is 0.718. The van der Waals surface area contributed by atoms with E-state index in [1.54, 1.807) is 43.5 Å². The summed E-state index contributed by atoms with van der Waals surface area (Å²) in [6, 6.07) is 14.3. The predicted molar refractivity (Wildman–Crippen MR) is 110 cm³/mol. The molecule has 156 valence electrons. The highest BCUT2D eigenvalue weighted by molar-refractivity contribution is 7.86. The number of para-hydroxylation sites is 2. The number of nitrogens with zero attached hydrogens (tertiary/aromatic N) is 2. The highest BCUT2D eigenvalue weighted by atomic mass is 32.2. The van der Waals surface area contributed by atoms with E-state index in [1.165, 1.54) is 15.7 Å². The summed E-state index contributed by atoms with van der Waals surface area (Å²) < 4.78 is 38.9. The maximum Gasteiger partial charge on any atom is 0.282 e. The van der Waals surface area contributed by atoms with Gasteiger partial charge in [-0.2, -0.15) is 17.0 Å². The summed E-state index contributed by atoms with van der Waals surface area (Å²) in [7, 11) is -0.645. The Kier molecular flexibility index (Phi) is 6.73. The molecule has 1 aliphatic rings. The second-order valence-electron chi connectivity index (χ2n) is 6.62. The number of nitrogens with one attached hydrogen (secondary N) is 1. The minimum Gasteiger partial charge on any atom is -0.497 e. The fourth-order valence-corrected chi connectivity index (χ4v) is 4.81. The van der Waals surface area contributed by atoms with E-state index in [-0.39, 0.29) is 13.1 Å². The van der Waals surface area contributed by atoms with Gasteiger partial charge >= 0.3 is 0 Å².